The number of rotatable bonds is 4. The van der Waals surface area contributed by atoms with Crippen molar-refractivity contribution >= 4 is 26.5 Å². The topological polar surface area (TPSA) is 67.8 Å². The fourth-order valence-electron chi connectivity index (χ4n) is 2.84. The van der Waals surface area contributed by atoms with E-state index in [-0.39, 0.29) is 4.91 Å². The van der Waals surface area contributed by atoms with Gasteiger partial charge in [0.25, 0.3) is 10.0 Å². The Hall–Kier alpha value is -2.60. The molecule has 2 aromatic carbocycles. The van der Waals surface area contributed by atoms with Gasteiger partial charge in [-0.1, -0.05) is 25.1 Å². The number of nitrogens with one attached hydrogen (secondary N) is 1. The fourth-order valence-corrected chi connectivity index (χ4v) is 4.27. The first-order valence-corrected chi connectivity index (χ1v) is 9.46. The van der Waals surface area contributed by atoms with Crippen molar-refractivity contribution in [3.05, 3.63) is 65.2 Å². The summed E-state index contributed by atoms with van der Waals surface area (Å²) in [6.07, 6.45) is 0.845. The number of methoxy groups -OCH3 is 1. The molecule has 1 N–H and O–H groups in total. The highest BCUT2D eigenvalue weighted by atomic mass is 32.2. The molecule has 0 bridgehead atoms. The molecule has 5 nitrogen and oxygen atoms in total. The highest BCUT2D eigenvalue weighted by molar-refractivity contribution is 8.00. The zero-order valence-corrected chi connectivity index (χ0v) is 15.2. The van der Waals surface area contributed by atoms with Crippen LogP contribution in [-0.2, 0) is 16.4 Å². The molecule has 0 amide bonds. The lowest BCUT2D eigenvalue weighted by atomic mass is 10.1. The van der Waals surface area contributed by atoms with E-state index in [1.165, 1.54) is 0 Å². The second-order valence-corrected chi connectivity index (χ2v) is 7.27. The highest BCUT2D eigenvalue weighted by Gasteiger charge is 2.31. The summed E-state index contributed by atoms with van der Waals surface area (Å²) < 4.78 is 34.2. The van der Waals surface area contributed by atoms with Gasteiger partial charge in [0.05, 0.1) is 7.11 Å². The number of para-hydroxylation sites is 1. The molecule has 25 heavy (non-hydrogen) atoms. The molecular formula is C19H20N2O3S. The van der Waals surface area contributed by atoms with Crippen LogP contribution in [0.5, 0.6) is 5.75 Å². The number of amidine groups is 1. The van der Waals surface area contributed by atoms with Gasteiger partial charge >= 0.3 is 0 Å². The van der Waals surface area contributed by atoms with Crippen LogP contribution < -0.4 is 10.1 Å². The second-order valence-electron chi connectivity index (χ2n) is 5.73. The summed E-state index contributed by atoms with van der Waals surface area (Å²) in [5, 5.41) is 3.18. The van der Waals surface area contributed by atoms with Crippen LogP contribution >= 0.6 is 0 Å². The quantitative estimate of drug-likeness (QED) is 0.904. The molecule has 1 aliphatic rings. The Bertz CT molecular complexity index is 958. The number of hydrogen-bond acceptors (Lipinski definition) is 4. The lowest BCUT2D eigenvalue weighted by Crippen LogP contribution is -2.12. The molecule has 0 saturated heterocycles. The first kappa shape index (κ1) is 17.2. The predicted octanol–water partition coefficient (Wildman–Crippen LogP) is 3.84. The molecule has 6 heteroatoms. The van der Waals surface area contributed by atoms with Crippen molar-refractivity contribution in [2.75, 3.05) is 12.4 Å². The molecule has 0 aromatic heterocycles. The van der Waals surface area contributed by atoms with Crippen molar-refractivity contribution < 1.29 is 13.2 Å². The van der Waals surface area contributed by atoms with E-state index in [0.29, 0.717) is 22.7 Å². The van der Waals surface area contributed by atoms with Crippen LogP contribution in [0.2, 0.25) is 0 Å². The van der Waals surface area contributed by atoms with E-state index in [1.807, 2.05) is 24.3 Å². The van der Waals surface area contributed by atoms with Gasteiger partial charge in [-0.2, -0.15) is 8.42 Å². The Kier molecular flexibility index (Phi) is 4.63. The van der Waals surface area contributed by atoms with Crippen molar-refractivity contribution in [1.82, 2.24) is 0 Å². The van der Waals surface area contributed by atoms with Crippen molar-refractivity contribution in [2.24, 2.45) is 4.40 Å². The van der Waals surface area contributed by atoms with Gasteiger partial charge in [-0.25, -0.2) is 0 Å². The lowest BCUT2D eigenvalue weighted by molar-refractivity contribution is 0.415. The summed E-state index contributed by atoms with van der Waals surface area (Å²) in [5.41, 5.74) is 3.18. The van der Waals surface area contributed by atoms with Crippen molar-refractivity contribution in [1.29, 1.82) is 0 Å². The monoisotopic (exact) mass is 356 g/mol. The minimum atomic E-state index is -3.73. The lowest BCUT2D eigenvalue weighted by Gasteiger charge is -2.11. The number of sulfonamides is 1. The van der Waals surface area contributed by atoms with Gasteiger partial charge < -0.3 is 10.1 Å². The molecule has 1 aliphatic heterocycles. The molecule has 3 rings (SSSR count). The van der Waals surface area contributed by atoms with Crippen molar-refractivity contribution in [2.45, 2.75) is 20.3 Å². The Morgan fingerprint density at radius 3 is 2.40 bits per heavy atom. The summed E-state index contributed by atoms with van der Waals surface area (Å²) in [6, 6.07) is 14.7. The van der Waals surface area contributed by atoms with E-state index >= 15 is 0 Å². The maximum atomic E-state index is 12.6. The van der Waals surface area contributed by atoms with Crippen LogP contribution in [0.1, 0.15) is 25.0 Å². The van der Waals surface area contributed by atoms with Crippen LogP contribution in [0.25, 0.3) is 4.91 Å². The van der Waals surface area contributed by atoms with E-state index in [4.69, 9.17) is 4.74 Å². The zero-order valence-electron chi connectivity index (χ0n) is 14.4. The average molecular weight is 356 g/mol. The van der Waals surface area contributed by atoms with Crippen molar-refractivity contribution in [3.8, 4) is 5.75 Å². The number of nitrogens with zero attached hydrogens (tertiary/aromatic N) is 1. The molecule has 1 heterocycles. The van der Waals surface area contributed by atoms with Gasteiger partial charge in [0.15, 0.2) is 0 Å². The normalized spacial score (nSPS) is 15.9. The first-order chi connectivity index (χ1) is 12.0. The summed E-state index contributed by atoms with van der Waals surface area (Å²) in [6.45, 7) is 3.82. The maximum Gasteiger partial charge on any atom is 0.285 e. The molecule has 0 unspecified atom stereocenters. The van der Waals surface area contributed by atoms with Crippen LogP contribution in [0, 0.1) is 0 Å². The summed E-state index contributed by atoms with van der Waals surface area (Å²) in [5.74, 6) is 1.04. The van der Waals surface area contributed by atoms with Crippen LogP contribution in [-0.4, -0.2) is 21.4 Å². The summed E-state index contributed by atoms with van der Waals surface area (Å²) in [4.78, 5) is 0.228. The van der Waals surface area contributed by atoms with E-state index in [0.717, 1.165) is 17.7 Å². The zero-order chi connectivity index (χ0) is 18.0. The van der Waals surface area contributed by atoms with Gasteiger partial charge in [0.1, 0.15) is 16.5 Å². The third-order valence-electron chi connectivity index (χ3n) is 4.17. The Morgan fingerprint density at radius 2 is 1.76 bits per heavy atom. The van der Waals surface area contributed by atoms with Gasteiger partial charge in [0, 0.05) is 11.3 Å². The van der Waals surface area contributed by atoms with Gasteiger partial charge in [-0.15, -0.1) is 4.40 Å². The number of aryl methyl sites for hydroxylation is 1. The minimum absolute atomic E-state index is 0.228. The molecule has 0 radical (unpaired) electrons. The van der Waals surface area contributed by atoms with E-state index in [2.05, 4.69) is 16.6 Å². The Balaban J connectivity index is 2.00. The third kappa shape index (κ3) is 3.30. The average Bonchev–Trinajstić information content (AvgIpc) is 2.84. The molecular weight excluding hydrogens is 336 g/mol. The predicted molar refractivity (Wildman–Crippen MR) is 101 cm³/mol. The largest absolute Gasteiger partial charge is 0.497 e. The molecule has 0 saturated carbocycles. The van der Waals surface area contributed by atoms with Gasteiger partial charge in [-0.3, -0.25) is 0 Å². The van der Waals surface area contributed by atoms with E-state index < -0.39 is 10.0 Å². The number of hydrogen-bond donors (Lipinski definition) is 1. The van der Waals surface area contributed by atoms with Crippen LogP contribution in [0.3, 0.4) is 0 Å². The van der Waals surface area contributed by atoms with E-state index in [9.17, 15) is 8.42 Å². The minimum Gasteiger partial charge on any atom is -0.497 e. The highest BCUT2D eigenvalue weighted by Crippen LogP contribution is 2.34. The number of benzene rings is 2. The molecule has 0 atom stereocenters. The van der Waals surface area contributed by atoms with Crippen LogP contribution in [0.15, 0.2) is 58.5 Å². The molecule has 0 fully saturated rings. The van der Waals surface area contributed by atoms with E-state index in [1.54, 1.807) is 38.3 Å². The molecule has 130 valence electrons. The van der Waals surface area contributed by atoms with Gasteiger partial charge in [-0.05, 0) is 54.8 Å². The van der Waals surface area contributed by atoms with Crippen LogP contribution in [0.4, 0.5) is 5.69 Å². The second kappa shape index (κ2) is 6.72. The fraction of sp³-hybridized carbons (Fsp3) is 0.211. The molecule has 0 spiro atoms. The number of anilines is 1. The maximum absolute atomic E-state index is 12.6. The Morgan fingerprint density at radius 1 is 1.08 bits per heavy atom. The first-order valence-electron chi connectivity index (χ1n) is 8.02. The smallest absolute Gasteiger partial charge is 0.285 e. The number of ether oxygens (including phenoxy) is 1. The summed E-state index contributed by atoms with van der Waals surface area (Å²) in [7, 11) is -2.16. The standard InChI is InChI=1S/C19H20N2O3S/c1-4-14-7-5-6-8-17(14)20-19-13(2)18(25(22,23)21-19)15-9-11-16(24-3)12-10-15/h5-12H,4H2,1-3H3,(H,20,21). The Labute approximate surface area is 148 Å². The SMILES string of the molecule is CCc1ccccc1NC1=NS(=O)(=O)C(c2ccc(OC)cc2)=C1C. The molecule has 2 aromatic rings. The summed E-state index contributed by atoms with van der Waals surface area (Å²) >= 11 is 0. The van der Waals surface area contributed by atoms with Crippen molar-refractivity contribution in [3.63, 3.8) is 0 Å². The molecule has 0 aliphatic carbocycles. The third-order valence-corrected chi connectivity index (χ3v) is 5.65. The van der Waals surface area contributed by atoms with Gasteiger partial charge in [0.2, 0.25) is 0 Å².